The summed E-state index contributed by atoms with van der Waals surface area (Å²) >= 11 is 0. The van der Waals surface area contributed by atoms with Gasteiger partial charge in [0.05, 0.1) is 11.3 Å². The lowest BCUT2D eigenvalue weighted by molar-refractivity contribution is -0.111. The van der Waals surface area contributed by atoms with Gasteiger partial charge in [-0.25, -0.2) is 4.79 Å². The van der Waals surface area contributed by atoms with Crippen LogP contribution in [0.5, 0.6) is 5.75 Å². The van der Waals surface area contributed by atoms with E-state index in [2.05, 4.69) is 5.32 Å². The highest BCUT2D eigenvalue weighted by Crippen LogP contribution is 2.23. The molecular formula is C21H17NO4. The van der Waals surface area contributed by atoms with Gasteiger partial charge in [-0.05, 0) is 53.1 Å². The summed E-state index contributed by atoms with van der Waals surface area (Å²) in [5.41, 5.74) is 1.62. The van der Waals surface area contributed by atoms with Gasteiger partial charge in [0.15, 0.2) is 0 Å². The molecular weight excluding hydrogens is 330 g/mol. The van der Waals surface area contributed by atoms with Crippen molar-refractivity contribution in [2.75, 3.05) is 5.32 Å². The van der Waals surface area contributed by atoms with Crippen LogP contribution < -0.4 is 5.32 Å². The zero-order valence-corrected chi connectivity index (χ0v) is 14.1. The Balaban J connectivity index is 1.85. The number of allylic oxidation sites excluding steroid dienone is 1. The Labute approximate surface area is 150 Å². The quantitative estimate of drug-likeness (QED) is 0.485. The smallest absolute Gasteiger partial charge is 0.337 e. The summed E-state index contributed by atoms with van der Waals surface area (Å²) in [5.74, 6) is -1.85. The van der Waals surface area contributed by atoms with Gasteiger partial charge in [0.2, 0.25) is 5.91 Å². The average Bonchev–Trinajstić information content (AvgIpc) is 2.62. The van der Waals surface area contributed by atoms with Crippen molar-refractivity contribution in [3.63, 3.8) is 0 Å². The van der Waals surface area contributed by atoms with Gasteiger partial charge in [0.1, 0.15) is 5.75 Å². The fourth-order valence-corrected chi connectivity index (χ4v) is 2.70. The molecule has 130 valence electrons. The number of aromatic carboxylic acids is 1. The van der Waals surface area contributed by atoms with Crippen molar-refractivity contribution in [3.8, 4) is 5.75 Å². The largest absolute Gasteiger partial charge is 0.508 e. The van der Waals surface area contributed by atoms with Crippen LogP contribution in [-0.4, -0.2) is 22.1 Å². The van der Waals surface area contributed by atoms with Gasteiger partial charge in [0, 0.05) is 6.08 Å². The maximum atomic E-state index is 12.3. The predicted molar refractivity (Wildman–Crippen MR) is 101 cm³/mol. The number of hydrogen-bond acceptors (Lipinski definition) is 3. The molecule has 0 heterocycles. The van der Waals surface area contributed by atoms with E-state index in [1.807, 2.05) is 49.4 Å². The van der Waals surface area contributed by atoms with E-state index < -0.39 is 11.9 Å². The number of benzene rings is 3. The van der Waals surface area contributed by atoms with E-state index in [-0.39, 0.29) is 17.0 Å². The third kappa shape index (κ3) is 3.72. The molecule has 0 aliphatic heterocycles. The minimum atomic E-state index is -1.23. The second-order valence-electron chi connectivity index (χ2n) is 5.91. The maximum Gasteiger partial charge on any atom is 0.337 e. The SMILES string of the molecule is CC(=CC(=O)Nc1ccc(O)cc1C(=O)O)c1ccc2ccccc2c1. The van der Waals surface area contributed by atoms with E-state index in [1.165, 1.54) is 18.2 Å². The lowest BCUT2D eigenvalue weighted by Gasteiger charge is -2.08. The number of carboxylic acids is 1. The van der Waals surface area contributed by atoms with Gasteiger partial charge < -0.3 is 15.5 Å². The molecule has 0 saturated heterocycles. The van der Waals surface area contributed by atoms with Gasteiger partial charge in [0.25, 0.3) is 0 Å². The summed E-state index contributed by atoms with van der Waals surface area (Å²) < 4.78 is 0. The van der Waals surface area contributed by atoms with E-state index in [9.17, 15) is 19.8 Å². The zero-order valence-electron chi connectivity index (χ0n) is 14.1. The number of hydrogen-bond donors (Lipinski definition) is 3. The Hall–Kier alpha value is -3.60. The standard InChI is InChI=1S/C21H17NO4/c1-13(15-7-6-14-4-2-3-5-16(14)11-15)10-20(24)22-19-9-8-17(23)12-18(19)21(25)26/h2-12,23H,1H3,(H,22,24)(H,25,26). The first-order valence-electron chi connectivity index (χ1n) is 7.99. The Bertz CT molecular complexity index is 1040. The number of anilines is 1. The number of rotatable bonds is 4. The first kappa shape index (κ1) is 17.2. The molecule has 0 aliphatic carbocycles. The topological polar surface area (TPSA) is 86.6 Å². The number of carbonyl (C=O) groups is 2. The molecule has 0 aliphatic rings. The van der Waals surface area contributed by atoms with E-state index in [0.717, 1.165) is 28.0 Å². The molecule has 1 amide bonds. The van der Waals surface area contributed by atoms with Crippen LogP contribution in [0.4, 0.5) is 5.69 Å². The van der Waals surface area contributed by atoms with Gasteiger partial charge in [-0.3, -0.25) is 4.79 Å². The highest BCUT2D eigenvalue weighted by atomic mass is 16.4. The molecule has 3 aromatic carbocycles. The molecule has 3 N–H and O–H groups in total. The molecule has 5 nitrogen and oxygen atoms in total. The molecule has 5 heteroatoms. The van der Waals surface area contributed by atoms with Crippen LogP contribution in [0.15, 0.2) is 66.7 Å². The van der Waals surface area contributed by atoms with Crippen molar-refractivity contribution < 1.29 is 19.8 Å². The number of carboxylic acid groups (broad SMARTS) is 1. The highest BCUT2D eigenvalue weighted by molar-refractivity contribution is 6.07. The van der Waals surface area contributed by atoms with E-state index in [0.29, 0.717) is 0 Å². The zero-order chi connectivity index (χ0) is 18.7. The molecule has 0 spiro atoms. The normalized spacial score (nSPS) is 11.3. The van der Waals surface area contributed by atoms with Gasteiger partial charge in [-0.15, -0.1) is 0 Å². The van der Waals surface area contributed by atoms with Crippen molar-refractivity contribution in [1.82, 2.24) is 0 Å². The summed E-state index contributed by atoms with van der Waals surface area (Å²) in [5, 5.41) is 23.3. The van der Waals surface area contributed by atoms with Crippen molar-refractivity contribution in [3.05, 3.63) is 77.9 Å². The first-order valence-corrected chi connectivity index (χ1v) is 7.99. The van der Waals surface area contributed by atoms with Crippen molar-refractivity contribution >= 4 is 33.9 Å². The third-order valence-corrected chi connectivity index (χ3v) is 4.04. The van der Waals surface area contributed by atoms with Gasteiger partial charge in [-0.2, -0.15) is 0 Å². The second-order valence-corrected chi connectivity index (χ2v) is 5.91. The molecule has 0 atom stereocenters. The number of nitrogens with one attached hydrogen (secondary N) is 1. The number of carbonyl (C=O) groups excluding carboxylic acids is 1. The number of phenols is 1. The number of fused-ring (bicyclic) bond motifs is 1. The van der Waals surface area contributed by atoms with Crippen LogP contribution in [0.25, 0.3) is 16.3 Å². The van der Waals surface area contributed by atoms with E-state index >= 15 is 0 Å². The minimum absolute atomic E-state index is 0.128. The van der Waals surface area contributed by atoms with E-state index in [4.69, 9.17) is 0 Å². The summed E-state index contributed by atoms with van der Waals surface area (Å²) in [4.78, 5) is 23.5. The molecule has 0 bridgehead atoms. The van der Waals surface area contributed by atoms with Gasteiger partial charge in [-0.1, -0.05) is 36.4 Å². The van der Waals surface area contributed by atoms with Gasteiger partial charge >= 0.3 is 5.97 Å². The molecule has 3 aromatic rings. The molecule has 0 saturated carbocycles. The summed E-state index contributed by atoms with van der Waals surface area (Å²) in [7, 11) is 0. The number of amides is 1. The predicted octanol–water partition coefficient (Wildman–Crippen LogP) is 4.29. The lowest BCUT2D eigenvalue weighted by Crippen LogP contribution is -2.12. The van der Waals surface area contributed by atoms with Crippen molar-refractivity contribution in [1.29, 1.82) is 0 Å². The summed E-state index contributed by atoms with van der Waals surface area (Å²) in [6.07, 6.45) is 1.42. The van der Waals surface area contributed by atoms with Crippen LogP contribution in [0.3, 0.4) is 0 Å². The van der Waals surface area contributed by atoms with Crippen LogP contribution in [-0.2, 0) is 4.79 Å². The van der Waals surface area contributed by atoms with Crippen LogP contribution in [0, 0.1) is 0 Å². The molecule has 0 fully saturated rings. The Morgan fingerprint density at radius 3 is 2.42 bits per heavy atom. The Kier molecular flexibility index (Phi) is 4.71. The van der Waals surface area contributed by atoms with E-state index in [1.54, 1.807) is 0 Å². The average molecular weight is 347 g/mol. The maximum absolute atomic E-state index is 12.3. The van der Waals surface area contributed by atoms with Crippen LogP contribution in [0.1, 0.15) is 22.8 Å². The summed E-state index contributed by atoms with van der Waals surface area (Å²) in [6, 6.07) is 17.6. The number of phenolic OH excluding ortho intramolecular Hbond substituents is 1. The molecule has 0 aromatic heterocycles. The fraction of sp³-hybridized carbons (Fsp3) is 0.0476. The second kappa shape index (κ2) is 7.11. The Morgan fingerprint density at radius 1 is 0.962 bits per heavy atom. The fourth-order valence-electron chi connectivity index (χ4n) is 2.70. The third-order valence-electron chi connectivity index (χ3n) is 4.04. The Morgan fingerprint density at radius 2 is 1.69 bits per heavy atom. The monoisotopic (exact) mass is 347 g/mol. The number of aromatic hydroxyl groups is 1. The molecule has 26 heavy (non-hydrogen) atoms. The molecule has 3 rings (SSSR count). The lowest BCUT2D eigenvalue weighted by atomic mass is 10.0. The summed E-state index contributed by atoms with van der Waals surface area (Å²) in [6.45, 7) is 1.82. The van der Waals surface area contributed by atoms with Crippen LogP contribution in [0.2, 0.25) is 0 Å². The van der Waals surface area contributed by atoms with Crippen molar-refractivity contribution in [2.45, 2.75) is 6.92 Å². The van der Waals surface area contributed by atoms with Crippen LogP contribution >= 0.6 is 0 Å². The first-order chi connectivity index (χ1) is 12.4. The molecule has 0 unspecified atom stereocenters. The highest BCUT2D eigenvalue weighted by Gasteiger charge is 2.13. The van der Waals surface area contributed by atoms with Crippen molar-refractivity contribution in [2.24, 2.45) is 0 Å². The molecule has 0 radical (unpaired) electrons. The minimum Gasteiger partial charge on any atom is -0.508 e.